The molecule has 3 amide bonds. The van der Waals surface area contributed by atoms with Gasteiger partial charge in [0, 0.05) is 14.6 Å². The Hall–Kier alpha value is -2.69. The number of carbonyl (C=O) groups is 3. The second-order valence-electron chi connectivity index (χ2n) is 7.83. The van der Waals surface area contributed by atoms with Gasteiger partial charge in [0.05, 0.1) is 25.6 Å². The van der Waals surface area contributed by atoms with Crippen molar-refractivity contribution >= 4 is 51.9 Å². The van der Waals surface area contributed by atoms with Gasteiger partial charge in [-0.05, 0) is 40.8 Å². The lowest BCUT2D eigenvalue weighted by atomic mass is 10.1. The van der Waals surface area contributed by atoms with Crippen molar-refractivity contribution in [3.63, 3.8) is 0 Å². The number of aliphatic carboxylic acids is 1. The first-order valence-electron chi connectivity index (χ1n) is 11.1. The van der Waals surface area contributed by atoms with Crippen LogP contribution in [0.5, 0.6) is 0 Å². The first-order chi connectivity index (χ1) is 16.5. The first kappa shape index (κ1) is 25.9. The molecule has 2 atom stereocenters. The molecule has 3 rings (SSSR count). The Kier molecular flexibility index (Phi) is 10.1. The van der Waals surface area contributed by atoms with E-state index in [-0.39, 0.29) is 12.3 Å². The normalized spacial score (nSPS) is 12.6. The van der Waals surface area contributed by atoms with Crippen LogP contribution < -0.4 is 10.6 Å². The lowest BCUT2D eigenvalue weighted by molar-refractivity contribution is -0.137. The summed E-state index contributed by atoms with van der Waals surface area (Å²) in [5.74, 6) is -1.15. The summed E-state index contributed by atoms with van der Waals surface area (Å²) in [6.45, 7) is 2.98. The smallest absolute Gasteiger partial charge is 0.315 e. The molecule has 0 bridgehead atoms. The number of rotatable bonds is 13. The van der Waals surface area contributed by atoms with Crippen molar-refractivity contribution < 1.29 is 19.5 Å². The van der Waals surface area contributed by atoms with Crippen molar-refractivity contribution in [2.45, 2.75) is 57.8 Å². The van der Waals surface area contributed by atoms with Crippen molar-refractivity contribution in [3.8, 4) is 0 Å². The molecule has 3 heterocycles. The highest BCUT2D eigenvalue weighted by Gasteiger charge is 2.28. The third kappa shape index (κ3) is 7.96. The molecule has 0 aromatic carbocycles. The van der Waals surface area contributed by atoms with E-state index in [9.17, 15) is 19.5 Å². The van der Waals surface area contributed by atoms with Crippen LogP contribution in [0.1, 0.15) is 53.3 Å². The maximum Gasteiger partial charge on any atom is 0.315 e. The monoisotopic (exact) mass is 519 g/mol. The topological polar surface area (TPSA) is 98.7 Å². The predicted molar refractivity (Wildman–Crippen MR) is 137 cm³/mol. The molecule has 3 N–H and O–H groups in total. The van der Waals surface area contributed by atoms with Crippen molar-refractivity contribution in [1.29, 1.82) is 0 Å². The first-order valence-corrected chi connectivity index (χ1v) is 13.8. The Bertz CT molecular complexity index is 984. The van der Waals surface area contributed by atoms with Crippen molar-refractivity contribution in [3.05, 3.63) is 67.2 Å². The molecule has 0 saturated heterocycles. The second-order valence-corrected chi connectivity index (χ2v) is 10.9. The van der Waals surface area contributed by atoms with Crippen LogP contribution in [0.3, 0.4) is 0 Å². The molecule has 0 saturated carbocycles. The van der Waals surface area contributed by atoms with Crippen LogP contribution in [0.2, 0.25) is 0 Å². The molecule has 0 aliphatic rings. The standard InChI is InChI=1S/C24H29N3O4S3/c1-2-3-9-19(25-24(31)26-20(14-22(28)29)21-10-6-13-34-21)23(30)27(15-17-7-4-11-32-17)16-18-8-5-12-33-18/h4-8,10-13,19-20H,2-3,9,14-16H2,1H3,(H,28,29)(H2,25,26,31). The summed E-state index contributed by atoms with van der Waals surface area (Å²) in [6.07, 6.45) is 1.95. The molecule has 2 unspecified atom stereocenters. The van der Waals surface area contributed by atoms with E-state index in [4.69, 9.17) is 0 Å². The zero-order valence-corrected chi connectivity index (χ0v) is 21.4. The van der Waals surface area contributed by atoms with E-state index in [0.29, 0.717) is 19.5 Å². The summed E-state index contributed by atoms with van der Waals surface area (Å²) < 4.78 is 0. The Morgan fingerprint density at radius 3 is 2.06 bits per heavy atom. The number of unbranched alkanes of at least 4 members (excludes halogenated alkanes) is 1. The lowest BCUT2D eigenvalue weighted by Gasteiger charge is -2.28. The minimum atomic E-state index is -1.00. The van der Waals surface area contributed by atoms with Crippen molar-refractivity contribution in [1.82, 2.24) is 15.5 Å². The number of carboxylic acids is 1. The van der Waals surface area contributed by atoms with Gasteiger partial charge >= 0.3 is 12.0 Å². The molecule has 34 heavy (non-hydrogen) atoms. The molecule has 0 fully saturated rings. The summed E-state index contributed by atoms with van der Waals surface area (Å²) in [4.78, 5) is 42.5. The number of carbonyl (C=O) groups excluding carboxylic acids is 2. The number of nitrogens with zero attached hydrogens (tertiary/aromatic N) is 1. The molecule has 3 aromatic heterocycles. The Morgan fingerprint density at radius 1 is 0.941 bits per heavy atom. The quantitative estimate of drug-likeness (QED) is 0.279. The van der Waals surface area contributed by atoms with E-state index >= 15 is 0 Å². The maximum atomic E-state index is 13.6. The largest absolute Gasteiger partial charge is 0.481 e. The van der Waals surface area contributed by atoms with E-state index < -0.39 is 24.1 Å². The number of thiophene rings is 3. The lowest BCUT2D eigenvalue weighted by Crippen LogP contribution is -2.51. The number of amides is 3. The van der Waals surface area contributed by atoms with Crippen LogP contribution in [0.4, 0.5) is 4.79 Å². The van der Waals surface area contributed by atoms with Gasteiger partial charge in [0.1, 0.15) is 6.04 Å². The van der Waals surface area contributed by atoms with Gasteiger partial charge in [-0.2, -0.15) is 0 Å². The van der Waals surface area contributed by atoms with Crippen LogP contribution in [-0.2, 0) is 22.7 Å². The fourth-order valence-electron chi connectivity index (χ4n) is 3.52. The molecule has 3 aromatic rings. The van der Waals surface area contributed by atoms with Gasteiger partial charge in [-0.15, -0.1) is 34.0 Å². The Morgan fingerprint density at radius 2 is 1.56 bits per heavy atom. The van der Waals surface area contributed by atoms with Gasteiger partial charge in [0.15, 0.2) is 0 Å². The number of urea groups is 1. The minimum Gasteiger partial charge on any atom is -0.481 e. The molecule has 182 valence electrons. The van der Waals surface area contributed by atoms with Crippen molar-refractivity contribution in [2.24, 2.45) is 0 Å². The summed E-state index contributed by atoms with van der Waals surface area (Å²) in [6, 6.07) is 9.62. The number of hydrogen-bond acceptors (Lipinski definition) is 6. The molecular formula is C24H29N3O4S3. The summed E-state index contributed by atoms with van der Waals surface area (Å²) in [5.41, 5.74) is 0. The average molecular weight is 520 g/mol. The summed E-state index contributed by atoms with van der Waals surface area (Å²) >= 11 is 4.57. The molecule has 0 aliphatic carbocycles. The third-order valence-electron chi connectivity index (χ3n) is 5.19. The predicted octanol–water partition coefficient (Wildman–Crippen LogP) is 5.47. The van der Waals surface area contributed by atoms with E-state index in [1.165, 1.54) is 11.3 Å². The van der Waals surface area contributed by atoms with Crippen LogP contribution in [-0.4, -0.2) is 34.0 Å². The fourth-order valence-corrected chi connectivity index (χ4v) is 5.74. The van der Waals surface area contributed by atoms with Gasteiger partial charge < -0.3 is 20.6 Å². The maximum absolute atomic E-state index is 13.6. The highest BCUT2D eigenvalue weighted by Crippen LogP contribution is 2.22. The fraction of sp³-hybridized carbons (Fsp3) is 0.375. The number of nitrogens with one attached hydrogen (secondary N) is 2. The van der Waals surface area contributed by atoms with Gasteiger partial charge in [-0.1, -0.05) is 38.0 Å². The highest BCUT2D eigenvalue weighted by molar-refractivity contribution is 7.10. The summed E-state index contributed by atoms with van der Waals surface area (Å²) in [7, 11) is 0. The molecule has 7 nitrogen and oxygen atoms in total. The van der Waals surface area contributed by atoms with E-state index in [1.54, 1.807) is 33.6 Å². The van der Waals surface area contributed by atoms with Gasteiger partial charge in [-0.3, -0.25) is 9.59 Å². The highest BCUT2D eigenvalue weighted by atomic mass is 32.1. The van der Waals surface area contributed by atoms with Crippen LogP contribution in [0, 0.1) is 0 Å². The zero-order valence-electron chi connectivity index (χ0n) is 18.9. The molecule has 0 aliphatic heterocycles. The van der Waals surface area contributed by atoms with Gasteiger partial charge in [0.2, 0.25) is 5.91 Å². The SMILES string of the molecule is CCCCC(NC(=O)NC(CC(=O)O)c1cccs1)C(=O)N(Cc1cccs1)Cc1cccs1. The molecular weight excluding hydrogens is 490 g/mol. The molecule has 0 spiro atoms. The number of carboxylic acid groups (broad SMARTS) is 1. The van der Waals surface area contributed by atoms with Gasteiger partial charge in [-0.25, -0.2) is 4.79 Å². The van der Waals surface area contributed by atoms with E-state index in [2.05, 4.69) is 10.6 Å². The average Bonchev–Trinajstić information content (AvgIpc) is 3.59. The molecule has 0 radical (unpaired) electrons. The summed E-state index contributed by atoms with van der Waals surface area (Å²) in [5, 5.41) is 20.7. The van der Waals surface area contributed by atoms with E-state index in [0.717, 1.165) is 27.5 Å². The third-order valence-corrected chi connectivity index (χ3v) is 7.89. The van der Waals surface area contributed by atoms with E-state index in [1.807, 2.05) is 53.4 Å². The Balaban J connectivity index is 1.73. The molecule has 10 heteroatoms. The van der Waals surface area contributed by atoms with Gasteiger partial charge in [0.25, 0.3) is 0 Å². The van der Waals surface area contributed by atoms with Crippen LogP contribution in [0.15, 0.2) is 52.5 Å². The van der Waals surface area contributed by atoms with Crippen LogP contribution >= 0.6 is 34.0 Å². The second kappa shape index (κ2) is 13.3. The Labute approximate surface area is 211 Å². The minimum absolute atomic E-state index is 0.142. The zero-order chi connectivity index (χ0) is 24.3. The number of hydrogen-bond donors (Lipinski definition) is 3. The van der Waals surface area contributed by atoms with Crippen LogP contribution in [0.25, 0.3) is 0 Å². The van der Waals surface area contributed by atoms with Crippen molar-refractivity contribution in [2.75, 3.05) is 0 Å².